The Balaban J connectivity index is 2.89. The van der Waals surface area contributed by atoms with Gasteiger partial charge in [0.15, 0.2) is 0 Å². The summed E-state index contributed by atoms with van der Waals surface area (Å²) in [4.78, 5) is 11.8. The Hall–Kier alpha value is -0.800. The molecule has 94 valence electrons. The number of benzene rings is 1. The van der Waals surface area contributed by atoms with Crippen LogP contribution in [0, 0.1) is 5.82 Å². The van der Waals surface area contributed by atoms with E-state index in [0.717, 1.165) is 6.07 Å². The van der Waals surface area contributed by atoms with E-state index < -0.39 is 11.2 Å². The van der Waals surface area contributed by atoms with E-state index in [4.69, 9.17) is 23.2 Å². The van der Waals surface area contributed by atoms with Crippen LogP contribution in [0.2, 0.25) is 5.02 Å². The van der Waals surface area contributed by atoms with Crippen molar-refractivity contribution in [2.45, 2.75) is 31.7 Å². The van der Waals surface area contributed by atoms with Crippen LogP contribution in [-0.4, -0.2) is 11.4 Å². The molecule has 0 spiro atoms. The van der Waals surface area contributed by atoms with Crippen LogP contribution < -0.4 is 5.32 Å². The van der Waals surface area contributed by atoms with E-state index in [9.17, 15) is 9.18 Å². The van der Waals surface area contributed by atoms with E-state index >= 15 is 0 Å². The zero-order valence-corrected chi connectivity index (χ0v) is 11.4. The van der Waals surface area contributed by atoms with Crippen LogP contribution in [0.4, 0.5) is 4.39 Å². The predicted molar refractivity (Wildman–Crippen MR) is 67.9 cm³/mol. The fourth-order valence-electron chi connectivity index (χ4n) is 1.31. The molecule has 1 unspecified atom stereocenters. The number of carbonyl (C=O) groups excluding carboxylic acids is 1. The number of hydrogen-bond donors (Lipinski definition) is 1. The van der Waals surface area contributed by atoms with Gasteiger partial charge in [-0.05, 0) is 44.5 Å². The zero-order chi connectivity index (χ0) is 13.2. The number of amides is 1. The molecule has 1 rings (SSSR count). The molecule has 1 aromatic rings. The Labute approximate surface area is 110 Å². The van der Waals surface area contributed by atoms with Crippen molar-refractivity contribution in [3.05, 3.63) is 34.6 Å². The average molecular weight is 278 g/mol. The molecule has 0 aromatic heterocycles. The lowest BCUT2D eigenvalue weighted by Crippen LogP contribution is -2.42. The summed E-state index contributed by atoms with van der Waals surface area (Å²) >= 11 is 11.7. The minimum atomic E-state index is -0.956. The Morgan fingerprint density at radius 1 is 1.35 bits per heavy atom. The number of nitrogens with one attached hydrogen (secondary N) is 1. The topological polar surface area (TPSA) is 29.1 Å². The molecule has 0 bridgehead atoms. The first kappa shape index (κ1) is 14.3. The molecule has 5 heteroatoms. The lowest BCUT2D eigenvalue weighted by Gasteiger charge is -2.22. The van der Waals surface area contributed by atoms with Gasteiger partial charge in [-0.3, -0.25) is 4.79 Å². The SMILES string of the molecule is CC(C)(C)NC(=O)C(Cl)c1cc(F)cc(Cl)c1. The smallest absolute Gasteiger partial charge is 0.243 e. The highest BCUT2D eigenvalue weighted by Gasteiger charge is 2.23. The monoisotopic (exact) mass is 277 g/mol. The van der Waals surface area contributed by atoms with Gasteiger partial charge in [0.2, 0.25) is 5.91 Å². The third-order valence-corrected chi connectivity index (χ3v) is 2.57. The quantitative estimate of drug-likeness (QED) is 0.821. The summed E-state index contributed by atoms with van der Waals surface area (Å²) in [5, 5.41) is 1.98. The van der Waals surface area contributed by atoms with Crippen LogP contribution in [0.25, 0.3) is 0 Å². The average Bonchev–Trinajstić information content (AvgIpc) is 2.12. The molecule has 1 N–H and O–H groups in total. The maximum Gasteiger partial charge on any atom is 0.243 e. The molecule has 0 saturated heterocycles. The largest absolute Gasteiger partial charge is 0.350 e. The van der Waals surface area contributed by atoms with Gasteiger partial charge >= 0.3 is 0 Å². The number of alkyl halides is 1. The van der Waals surface area contributed by atoms with Gasteiger partial charge in [0, 0.05) is 10.6 Å². The van der Waals surface area contributed by atoms with E-state index in [1.807, 2.05) is 20.8 Å². The number of rotatable bonds is 2. The summed E-state index contributed by atoms with van der Waals surface area (Å²) in [5.41, 5.74) is -0.0418. The summed E-state index contributed by atoms with van der Waals surface area (Å²) in [6.07, 6.45) is 0. The van der Waals surface area contributed by atoms with Gasteiger partial charge < -0.3 is 5.32 Å². The van der Waals surface area contributed by atoms with Crippen molar-refractivity contribution in [3.8, 4) is 0 Å². The number of carbonyl (C=O) groups is 1. The van der Waals surface area contributed by atoms with E-state index in [1.54, 1.807) is 0 Å². The molecule has 0 heterocycles. The minimum absolute atomic E-state index is 0.217. The Morgan fingerprint density at radius 2 is 1.94 bits per heavy atom. The molecule has 1 aromatic carbocycles. The highest BCUT2D eigenvalue weighted by atomic mass is 35.5. The third-order valence-electron chi connectivity index (χ3n) is 1.91. The van der Waals surface area contributed by atoms with Gasteiger partial charge in [0.1, 0.15) is 11.2 Å². The lowest BCUT2D eigenvalue weighted by atomic mass is 10.1. The molecule has 0 aliphatic rings. The van der Waals surface area contributed by atoms with Crippen molar-refractivity contribution in [3.63, 3.8) is 0 Å². The second-order valence-corrected chi connectivity index (χ2v) is 5.68. The molecule has 1 atom stereocenters. The van der Waals surface area contributed by atoms with Crippen molar-refractivity contribution in [2.24, 2.45) is 0 Å². The summed E-state index contributed by atoms with van der Waals surface area (Å²) in [5.74, 6) is -0.887. The number of hydrogen-bond acceptors (Lipinski definition) is 1. The van der Waals surface area contributed by atoms with Gasteiger partial charge in [-0.25, -0.2) is 4.39 Å². The minimum Gasteiger partial charge on any atom is -0.350 e. The van der Waals surface area contributed by atoms with Gasteiger partial charge in [-0.1, -0.05) is 11.6 Å². The first-order valence-electron chi connectivity index (χ1n) is 5.11. The Bertz CT molecular complexity index is 409. The summed E-state index contributed by atoms with van der Waals surface area (Å²) < 4.78 is 13.1. The van der Waals surface area contributed by atoms with E-state index in [-0.39, 0.29) is 16.5 Å². The van der Waals surface area contributed by atoms with Crippen molar-refractivity contribution in [1.82, 2.24) is 5.32 Å². The first-order valence-corrected chi connectivity index (χ1v) is 5.92. The molecular formula is C12H14Cl2FNO. The Morgan fingerprint density at radius 3 is 2.41 bits per heavy atom. The summed E-state index contributed by atoms with van der Waals surface area (Å²) in [7, 11) is 0. The van der Waals surface area contributed by atoms with Crippen molar-refractivity contribution >= 4 is 29.1 Å². The highest BCUT2D eigenvalue weighted by Crippen LogP contribution is 2.25. The molecule has 0 aliphatic heterocycles. The molecule has 1 amide bonds. The molecular weight excluding hydrogens is 264 g/mol. The van der Waals surface area contributed by atoms with Crippen LogP contribution in [0.15, 0.2) is 18.2 Å². The second-order valence-electron chi connectivity index (χ2n) is 4.80. The summed E-state index contributed by atoms with van der Waals surface area (Å²) in [6.45, 7) is 5.52. The lowest BCUT2D eigenvalue weighted by molar-refractivity contribution is -0.122. The fourth-order valence-corrected chi connectivity index (χ4v) is 1.72. The van der Waals surface area contributed by atoms with E-state index in [0.29, 0.717) is 5.56 Å². The number of halogens is 3. The van der Waals surface area contributed by atoms with Crippen molar-refractivity contribution in [1.29, 1.82) is 0 Å². The van der Waals surface area contributed by atoms with Crippen LogP contribution in [-0.2, 0) is 4.79 Å². The van der Waals surface area contributed by atoms with Crippen LogP contribution in [0.3, 0.4) is 0 Å². The summed E-state index contributed by atoms with van der Waals surface area (Å²) in [6, 6.07) is 3.84. The second kappa shape index (κ2) is 5.23. The zero-order valence-electron chi connectivity index (χ0n) is 9.85. The van der Waals surface area contributed by atoms with Crippen LogP contribution in [0.1, 0.15) is 31.7 Å². The normalized spacial score (nSPS) is 13.3. The van der Waals surface area contributed by atoms with E-state index in [1.165, 1.54) is 12.1 Å². The van der Waals surface area contributed by atoms with Crippen molar-refractivity contribution in [2.75, 3.05) is 0 Å². The molecule has 0 radical (unpaired) electrons. The molecule has 17 heavy (non-hydrogen) atoms. The maximum absolute atomic E-state index is 13.1. The first-order chi connectivity index (χ1) is 7.69. The maximum atomic E-state index is 13.1. The molecule has 2 nitrogen and oxygen atoms in total. The van der Waals surface area contributed by atoms with E-state index in [2.05, 4.69) is 5.32 Å². The third kappa shape index (κ3) is 4.52. The highest BCUT2D eigenvalue weighted by molar-refractivity contribution is 6.32. The van der Waals surface area contributed by atoms with Crippen LogP contribution in [0.5, 0.6) is 0 Å². The molecule has 0 saturated carbocycles. The Kier molecular flexibility index (Phi) is 4.39. The van der Waals surface area contributed by atoms with Gasteiger partial charge in [-0.2, -0.15) is 0 Å². The van der Waals surface area contributed by atoms with Gasteiger partial charge in [0.05, 0.1) is 0 Å². The molecule has 0 fully saturated rings. The van der Waals surface area contributed by atoms with Crippen molar-refractivity contribution < 1.29 is 9.18 Å². The predicted octanol–water partition coefficient (Wildman–Crippen LogP) is 3.67. The standard InChI is InChI=1S/C12H14Cl2FNO/c1-12(2,3)16-11(17)10(14)7-4-8(13)6-9(15)5-7/h4-6,10H,1-3H3,(H,16,17). The molecule has 0 aliphatic carbocycles. The van der Waals surface area contributed by atoms with Gasteiger partial charge in [0.25, 0.3) is 0 Å². The van der Waals surface area contributed by atoms with Crippen LogP contribution >= 0.6 is 23.2 Å². The van der Waals surface area contributed by atoms with Gasteiger partial charge in [-0.15, -0.1) is 11.6 Å². The fraction of sp³-hybridized carbons (Fsp3) is 0.417.